The average molecular weight is 253 g/mol. The van der Waals surface area contributed by atoms with E-state index in [0.717, 1.165) is 38.4 Å². The third kappa shape index (κ3) is 3.87. The molecule has 4 heteroatoms. The van der Waals surface area contributed by atoms with E-state index in [0.29, 0.717) is 12.1 Å². The summed E-state index contributed by atoms with van der Waals surface area (Å²) in [7, 11) is 0. The molecule has 0 aromatic carbocycles. The van der Waals surface area contributed by atoms with E-state index in [2.05, 4.69) is 24.5 Å². The fourth-order valence-electron chi connectivity index (χ4n) is 2.93. The number of piperidine rings is 2. The smallest absolute Gasteiger partial charge is 0.317 e. The Bertz CT molecular complexity index is 274. The van der Waals surface area contributed by atoms with Crippen molar-refractivity contribution in [1.82, 2.24) is 15.5 Å². The normalized spacial score (nSPS) is 30.2. The Morgan fingerprint density at radius 1 is 1.22 bits per heavy atom. The Kier molecular flexibility index (Phi) is 4.87. The fraction of sp³-hybridized carbons (Fsp3) is 0.929. The van der Waals surface area contributed by atoms with Crippen LogP contribution in [0.15, 0.2) is 0 Å². The van der Waals surface area contributed by atoms with E-state index in [1.54, 1.807) is 0 Å². The first kappa shape index (κ1) is 13.7. The molecule has 2 unspecified atom stereocenters. The molecule has 2 N–H and O–H groups in total. The van der Waals surface area contributed by atoms with Crippen molar-refractivity contribution in [2.45, 2.75) is 58.0 Å². The predicted molar refractivity (Wildman–Crippen MR) is 73.6 cm³/mol. The molecule has 2 rings (SSSR count). The highest BCUT2D eigenvalue weighted by atomic mass is 16.2. The molecule has 104 valence electrons. The van der Waals surface area contributed by atoms with Gasteiger partial charge < -0.3 is 15.5 Å². The molecular formula is C14H27N3O. The Morgan fingerprint density at radius 3 is 2.61 bits per heavy atom. The van der Waals surface area contributed by atoms with Crippen LogP contribution in [0.1, 0.15) is 46.0 Å². The maximum absolute atomic E-state index is 12.0. The van der Waals surface area contributed by atoms with Crippen LogP contribution in [-0.4, -0.2) is 42.6 Å². The molecular weight excluding hydrogens is 226 g/mol. The molecule has 0 saturated carbocycles. The SMILES string of the molecule is CC1CCN(C(=O)NCC2CCCC(C)N2)CC1. The lowest BCUT2D eigenvalue weighted by Gasteiger charge is -2.32. The maximum atomic E-state index is 12.0. The molecule has 0 aliphatic carbocycles. The number of carbonyl (C=O) groups is 1. The summed E-state index contributed by atoms with van der Waals surface area (Å²) in [5.74, 6) is 0.773. The van der Waals surface area contributed by atoms with Crippen LogP contribution in [0, 0.1) is 5.92 Å². The second-order valence-corrected chi connectivity index (χ2v) is 6.05. The topological polar surface area (TPSA) is 44.4 Å². The number of likely N-dealkylation sites (tertiary alicyclic amines) is 1. The summed E-state index contributed by atoms with van der Waals surface area (Å²) in [6.07, 6.45) is 6.00. The van der Waals surface area contributed by atoms with Crippen LogP contribution in [0.2, 0.25) is 0 Å². The number of amides is 2. The summed E-state index contributed by atoms with van der Waals surface area (Å²) in [6, 6.07) is 1.18. The monoisotopic (exact) mass is 253 g/mol. The van der Waals surface area contributed by atoms with Gasteiger partial charge in [0, 0.05) is 31.7 Å². The molecule has 2 saturated heterocycles. The molecule has 4 nitrogen and oxygen atoms in total. The molecule has 0 bridgehead atoms. The molecule has 2 fully saturated rings. The molecule has 2 aliphatic heterocycles. The van der Waals surface area contributed by atoms with Gasteiger partial charge in [-0.05, 0) is 38.5 Å². The third-order valence-corrected chi connectivity index (χ3v) is 4.28. The largest absolute Gasteiger partial charge is 0.336 e. The van der Waals surface area contributed by atoms with Crippen molar-refractivity contribution in [2.75, 3.05) is 19.6 Å². The summed E-state index contributed by atoms with van der Waals surface area (Å²) < 4.78 is 0. The molecule has 2 atom stereocenters. The summed E-state index contributed by atoms with van der Waals surface area (Å²) in [5.41, 5.74) is 0. The predicted octanol–water partition coefficient (Wildman–Crippen LogP) is 1.96. The van der Waals surface area contributed by atoms with Gasteiger partial charge in [-0.15, -0.1) is 0 Å². The van der Waals surface area contributed by atoms with Crippen LogP contribution in [0.3, 0.4) is 0 Å². The van der Waals surface area contributed by atoms with E-state index in [4.69, 9.17) is 0 Å². The van der Waals surface area contributed by atoms with Gasteiger partial charge in [-0.25, -0.2) is 4.79 Å². The van der Waals surface area contributed by atoms with Gasteiger partial charge in [0.15, 0.2) is 0 Å². The third-order valence-electron chi connectivity index (χ3n) is 4.28. The summed E-state index contributed by atoms with van der Waals surface area (Å²) in [5, 5.41) is 6.63. The first-order valence-electron chi connectivity index (χ1n) is 7.44. The lowest BCUT2D eigenvalue weighted by Crippen LogP contribution is -2.51. The highest BCUT2D eigenvalue weighted by Gasteiger charge is 2.22. The molecule has 2 amide bonds. The molecule has 0 spiro atoms. The van der Waals surface area contributed by atoms with E-state index in [9.17, 15) is 4.79 Å². The number of hydrogen-bond donors (Lipinski definition) is 2. The fourth-order valence-corrected chi connectivity index (χ4v) is 2.93. The summed E-state index contributed by atoms with van der Waals surface area (Å²) in [6.45, 7) is 7.10. The second-order valence-electron chi connectivity index (χ2n) is 6.05. The average Bonchev–Trinajstić information content (AvgIpc) is 2.37. The molecule has 2 aliphatic rings. The standard InChI is InChI=1S/C14H27N3O/c1-11-6-8-17(9-7-11)14(18)15-10-13-5-3-4-12(2)16-13/h11-13,16H,3-10H2,1-2H3,(H,15,18). The molecule has 0 aromatic heterocycles. The lowest BCUT2D eigenvalue weighted by atomic mass is 9.99. The quantitative estimate of drug-likeness (QED) is 0.790. The van der Waals surface area contributed by atoms with Gasteiger partial charge in [0.25, 0.3) is 0 Å². The van der Waals surface area contributed by atoms with E-state index < -0.39 is 0 Å². The molecule has 0 aromatic rings. The Balaban J connectivity index is 1.68. The van der Waals surface area contributed by atoms with Crippen LogP contribution >= 0.6 is 0 Å². The van der Waals surface area contributed by atoms with Crippen molar-refractivity contribution < 1.29 is 4.79 Å². The van der Waals surface area contributed by atoms with Crippen LogP contribution in [-0.2, 0) is 0 Å². The number of rotatable bonds is 2. The summed E-state index contributed by atoms with van der Waals surface area (Å²) in [4.78, 5) is 14.0. The zero-order valence-corrected chi connectivity index (χ0v) is 11.7. The van der Waals surface area contributed by atoms with Gasteiger partial charge in [0.1, 0.15) is 0 Å². The Morgan fingerprint density at radius 2 is 1.94 bits per heavy atom. The van der Waals surface area contributed by atoms with Gasteiger partial charge in [-0.1, -0.05) is 13.3 Å². The zero-order chi connectivity index (χ0) is 13.0. The second kappa shape index (κ2) is 6.41. The first-order valence-corrected chi connectivity index (χ1v) is 7.44. The lowest BCUT2D eigenvalue weighted by molar-refractivity contribution is 0.172. The van der Waals surface area contributed by atoms with Gasteiger partial charge in [-0.3, -0.25) is 0 Å². The van der Waals surface area contributed by atoms with Gasteiger partial charge >= 0.3 is 6.03 Å². The highest BCUT2D eigenvalue weighted by molar-refractivity contribution is 5.74. The van der Waals surface area contributed by atoms with Gasteiger partial charge in [0.05, 0.1) is 0 Å². The highest BCUT2D eigenvalue weighted by Crippen LogP contribution is 2.16. The number of carbonyl (C=O) groups excluding carboxylic acids is 1. The molecule has 0 radical (unpaired) electrons. The van der Waals surface area contributed by atoms with Crippen molar-refractivity contribution >= 4 is 6.03 Å². The number of nitrogens with one attached hydrogen (secondary N) is 2. The van der Waals surface area contributed by atoms with Crippen LogP contribution in [0.4, 0.5) is 4.79 Å². The van der Waals surface area contributed by atoms with Crippen molar-refractivity contribution in [2.24, 2.45) is 5.92 Å². The van der Waals surface area contributed by atoms with E-state index in [1.807, 2.05) is 4.90 Å². The van der Waals surface area contributed by atoms with Crippen LogP contribution in [0.5, 0.6) is 0 Å². The minimum atomic E-state index is 0.127. The first-order chi connectivity index (χ1) is 8.65. The van der Waals surface area contributed by atoms with Crippen molar-refractivity contribution in [3.8, 4) is 0 Å². The summed E-state index contributed by atoms with van der Waals surface area (Å²) >= 11 is 0. The zero-order valence-electron chi connectivity index (χ0n) is 11.7. The van der Waals surface area contributed by atoms with Crippen molar-refractivity contribution in [1.29, 1.82) is 0 Å². The van der Waals surface area contributed by atoms with E-state index in [-0.39, 0.29) is 6.03 Å². The maximum Gasteiger partial charge on any atom is 0.317 e. The minimum absolute atomic E-state index is 0.127. The van der Waals surface area contributed by atoms with E-state index in [1.165, 1.54) is 19.3 Å². The Hall–Kier alpha value is -0.770. The van der Waals surface area contributed by atoms with Gasteiger partial charge in [0.2, 0.25) is 0 Å². The van der Waals surface area contributed by atoms with E-state index >= 15 is 0 Å². The van der Waals surface area contributed by atoms with Crippen LogP contribution < -0.4 is 10.6 Å². The molecule has 18 heavy (non-hydrogen) atoms. The minimum Gasteiger partial charge on any atom is -0.336 e. The number of hydrogen-bond acceptors (Lipinski definition) is 2. The number of nitrogens with zero attached hydrogens (tertiary/aromatic N) is 1. The number of urea groups is 1. The molecule has 2 heterocycles. The van der Waals surface area contributed by atoms with Crippen molar-refractivity contribution in [3.05, 3.63) is 0 Å². The van der Waals surface area contributed by atoms with Crippen molar-refractivity contribution in [3.63, 3.8) is 0 Å². The van der Waals surface area contributed by atoms with Gasteiger partial charge in [-0.2, -0.15) is 0 Å². The Labute approximate surface area is 110 Å². The van der Waals surface area contributed by atoms with Crippen LogP contribution in [0.25, 0.3) is 0 Å².